The third-order valence-electron chi connectivity index (χ3n) is 2.35. The maximum Gasteiger partial charge on any atom is 0.185 e. The quantitative estimate of drug-likeness (QED) is 0.766. The van der Waals surface area contributed by atoms with Crippen molar-refractivity contribution in [1.29, 1.82) is 0 Å². The molecule has 4 N–H and O–H groups in total. The molecule has 17 heavy (non-hydrogen) atoms. The Morgan fingerprint density at radius 2 is 2.00 bits per heavy atom. The van der Waals surface area contributed by atoms with Gasteiger partial charge in [-0.15, -0.1) is 0 Å². The molecule has 2 rings (SSSR count). The molecule has 2 aromatic heterocycles. The summed E-state index contributed by atoms with van der Waals surface area (Å²) in [6, 6.07) is 6.77. The van der Waals surface area contributed by atoms with Gasteiger partial charge in [-0.05, 0) is 18.2 Å². The Morgan fingerprint density at radius 3 is 2.65 bits per heavy atom. The van der Waals surface area contributed by atoms with E-state index in [0.717, 1.165) is 0 Å². The molecule has 2 heterocycles. The molecule has 0 amide bonds. The van der Waals surface area contributed by atoms with Crippen molar-refractivity contribution in [3.05, 3.63) is 47.9 Å². The van der Waals surface area contributed by atoms with Crippen LogP contribution in [0.1, 0.15) is 16.1 Å². The van der Waals surface area contributed by atoms with Crippen LogP contribution in [0.3, 0.4) is 0 Å². The van der Waals surface area contributed by atoms with Crippen molar-refractivity contribution >= 4 is 17.3 Å². The molecule has 0 fully saturated rings. The molecule has 0 saturated heterocycles. The maximum absolute atomic E-state index is 11.9. The number of hydrogen-bond donors (Lipinski definition) is 2. The maximum atomic E-state index is 11.9. The van der Waals surface area contributed by atoms with Crippen LogP contribution in [0, 0.1) is 0 Å². The van der Waals surface area contributed by atoms with E-state index in [1.54, 1.807) is 30.5 Å². The third-order valence-corrected chi connectivity index (χ3v) is 2.35. The molecular formula is C12H12N4O. The summed E-state index contributed by atoms with van der Waals surface area (Å²) in [5.41, 5.74) is 12.8. The lowest BCUT2D eigenvalue weighted by Crippen LogP contribution is -2.08. The molecule has 0 aliphatic carbocycles. The smallest absolute Gasteiger partial charge is 0.185 e. The highest BCUT2D eigenvalue weighted by Gasteiger charge is 2.10. The van der Waals surface area contributed by atoms with Gasteiger partial charge < -0.3 is 11.5 Å². The second-order valence-electron chi connectivity index (χ2n) is 3.62. The van der Waals surface area contributed by atoms with Crippen LogP contribution in [-0.2, 0) is 6.42 Å². The predicted octanol–water partition coefficient (Wildman–Crippen LogP) is 1.07. The first kappa shape index (κ1) is 11.1. The van der Waals surface area contributed by atoms with Crippen LogP contribution in [0.25, 0.3) is 0 Å². The van der Waals surface area contributed by atoms with Gasteiger partial charge in [-0.2, -0.15) is 0 Å². The van der Waals surface area contributed by atoms with Crippen molar-refractivity contribution in [3.8, 4) is 0 Å². The highest BCUT2D eigenvalue weighted by atomic mass is 16.1. The van der Waals surface area contributed by atoms with Gasteiger partial charge in [-0.3, -0.25) is 9.78 Å². The standard InChI is InChI=1S/C12H12N4O/c13-9-3-4-10(16-7-9)11(17)6-8-2-1-5-15-12(8)14/h1-5,7H,6,13H2,(H2,14,15). The second-order valence-corrected chi connectivity index (χ2v) is 3.62. The van der Waals surface area contributed by atoms with Crippen molar-refractivity contribution in [2.24, 2.45) is 0 Å². The van der Waals surface area contributed by atoms with E-state index in [0.29, 0.717) is 22.8 Å². The molecule has 5 nitrogen and oxygen atoms in total. The first-order chi connectivity index (χ1) is 8.16. The number of ketones is 1. The number of carbonyl (C=O) groups is 1. The molecule has 0 aliphatic heterocycles. The molecule has 0 aromatic carbocycles. The van der Waals surface area contributed by atoms with E-state index in [-0.39, 0.29) is 12.2 Å². The van der Waals surface area contributed by atoms with E-state index < -0.39 is 0 Å². The number of carbonyl (C=O) groups excluding carboxylic acids is 1. The minimum Gasteiger partial charge on any atom is -0.397 e. The van der Waals surface area contributed by atoms with E-state index in [1.807, 2.05) is 0 Å². The molecule has 0 aliphatic rings. The van der Waals surface area contributed by atoms with E-state index in [1.165, 1.54) is 6.20 Å². The monoisotopic (exact) mass is 228 g/mol. The summed E-state index contributed by atoms with van der Waals surface area (Å²) in [4.78, 5) is 19.8. The molecule has 0 atom stereocenters. The summed E-state index contributed by atoms with van der Waals surface area (Å²) in [5, 5.41) is 0. The number of aromatic nitrogens is 2. The number of nitrogen functional groups attached to an aromatic ring is 2. The van der Waals surface area contributed by atoms with Crippen molar-refractivity contribution in [3.63, 3.8) is 0 Å². The van der Waals surface area contributed by atoms with Crippen LogP contribution in [-0.4, -0.2) is 15.8 Å². The van der Waals surface area contributed by atoms with Crippen molar-refractivity contribution < 1.29 is 4.79 Å². The average Bonchev–Trinajstić information content (AvgIpc) is 2.33. The lowest BCUT2D eigenvalue weighted by molar-refractivity contribution is 0.0988. The Balaban J connectivity index is 2.17. The Morgan fingerprint density at radius 1 is 1.18 bits per heavy atom. The van der Waals surface area contributed by atoms with Crippen LogP contribution >= 0.6 is 0 Å². The minimum atomic E-state index is -0.107. The van der Waals surface area contributed by atoms with Crippen molar-refractivity contribution in [2.75, 3.05) is 11.5 Å². The van der Waals surface area contributed by atoms with Gasteiger partial charge in [-0.1, -0.05) is 6.07 Å². The zero-order valence-electron chi connectivity index (χ0n) is 9.13. The van der Waals surface area contributed by atoms with Crippen LogP contribution in [0.2, 0.25) is 0 Å². The molecule has 0 saturated carbocycles. The summed E-state index contributed by atoms with van der Waals surface area (Å²) in [6.07, 6.45) is 3.24. The number of nitrogens with zero attached hydrogens (tertiary/aromatic N) is 2. The minimum absolute atomic E-state index is 0.107. The second kappa shape index (κ2) is 4.61. The highest BCUT2D eigenvalue weighted by molar-refractivity contribution is 5.96. The largest absolute Gasteiger partial charge is 0.397 e. The fourth-order valence-electron chi connectivity index (χ4n) is 1.43. The molecule has 2 aromatic rings. The number of anilines is 2. The van der Waals surface area contributed by atoms with E-state index in [2.05, 4.69) is 9.97 Å². The molecule has 0 spiro atoms. The average molecular weight is 228 g/mol. The Labute approximate surface area is 98.5 Å². The normalized spacial score (nSPS) is 10.1. The summed E-state index contributed by atoms with van der Waals surface area (Å²) in [6.45, 7) is 0. The van der Waals surface area contributed by atoms with Gasteiger partial charge in [0.15, 0.2) is 5.78 Å². The van der Waals surface area contributed by atoms with E-state index >= 15 is 0 Å². The van der Waals surface area contributed by atoms with Crippen molar-refractivity contribution in [2.45, 2.75) is 6.42 Å². The van der Waals surface area contributed by atoms with Crippen LogP contribution in [0.4, 0.5) is 11.5 Å². The van der Waals surface area contributed by atoms with Crippen LogP contribution in [0.15, 0.2) is 36.7 Å². The summed E-state index contributed by atoms with van der Waals surface area (Å²) in [7, 11) is 0. The van der Waals surface area contributed by atoms with Crippen molar-refractivity contribution in [1.82, 2.24) is 9.97 Å². The Kier molecular flexibility index (Phi) is 3.00. The van der Waals surface area contributed by atoms with Gasteiger partial charge >= 0.3 is 0 Å². The molecule has 0 unspecified atom stereocenters. The summed E-state index contributed by atoms with van der Waals surface area (Å²) >= 11 is 0. The lowest BCUT2D eigenvalue weighted by Gasteiger charge is -2.03. The molecule has 86 valence electrons. The number of Topliss-reactive ketones (excluding diaryl/α,β-unsaturated/α-hetero) is 1. The Hall–Kier alpha value is -2.43. The highest BCUT2D eigenvalue weighted by Crippen LogP contribution is 2.11. The Bertz CT molecular complexity index is 536. The topological polar surface area (TPSA) is 94.9 Å². The van der Waals surface area contributed by atoms with Gasteiger partial charge in [0.1, 0.15) is 11.5 Å². The van der Waals surface area contributed by atoms with E-state index in [9.17, 15) is 4.79 Å². The molecule has 0 radical (unpaired) electrons. The summed E-state index contributed by atoms with van der Waals surface area (Å²) in [5.74, 6) is 0.265. The van der Waals surface area contributed by atoms with Gasteiger partial charge in [0.2, 0.25) is 0 Å². The zero-order chi connectivity index (χ0) is 12.3. The van der Waals surface area contributed by atoms with Crippen LogP contribution in [0.5, 0.6) is 0 Å². The fraction of sp³-hybridized carbons (Fsp3) is 0.0833. The SMILES string of the molecule is Nc1ccc(C(=O)Cc2cccnc2N)nc1. The number of hydrogen-bond acceptors (Lipinski definition) is 5. The molecule has 0 bridgehead atoms. The number of rotatable bonds is 3. The van der Waals surface area contributed by atoms with E-state index in [4.69, 9.17) is 11.5 Å². The first-order valence-electron chi connectivity index (χ1n) is 5.11. The number of nitrogens with two attached hydrogens (primary N) is 2. The van der Waals surface area contributed by atoms with Crippen LogP contribution < -0.4 is 11.5 Å². The summed E-state index contributed by atoms with van der Waals surface area (Å²) < 4.78 is 0. The molecular weight excluding hydrogens is 216 g/mol. The van der Waals surface area contributed by atoms with Gasteiger partial charge in [0.05, 0.1) is 11.9 Å². The fourth-order valence-corrected chi connectivity index (χ4v) is 1.43. The zero-order valence-corrected chi connectivity index (χ0v) is 9.13. The van der Waals surface area contributed by atoms with Gasteiger partial charge in [0, 0.05) is 18.2 Å². The first-order valence-corrected chi connectivity index (χ1v) is 5.11. The predicted molar refractivity (Wildman–Crippen MR) is 65.3 cm³/mol. The molecule has 5 heteroatoms. The van der Waals surface area contributed by atoms with Gasteiger partial charge in [0.25, 0.3) is 0 Å². The third kappa shape index (κ3) is 2.57. The number of pyridine rings is 2. The lowest BCUT2D eigenvalue weighted by atomic mass is 10.1. The van der Waals surface area contributed by atoms with Gasteiger partial charge in [-0.25, -0.2) is 4.98 Å².